The van der Waals surface area contributed by atoms with Crippen molar-refractivity contribution in [3.05, 3.63) is 71.0 Å². The number of hydrogen-bond acceptors (Lipinski definition) is 3. The van der Waals surface area contributed by atoms with E-state index in [4.69, 9.17) is 0 Å². The van der Waals surface area contributed by atoms with Crippen LogP contribution in [0.1, 0.15) is 29.5 Å². The molecule has 5 nitrogen and oxygen atoms in total. The standard InChI is InChI=1S/C21H25FN2O3S/c1-16-4-2-3-5-19(16)14-23-21(25)18-10-12-24(13-11-18)28(26,27)15-17-6-8-20(22)9-7-17/h2-9,18H,10-15H2,1H3,(H,23,25). The summed E-state index contributed by atoms with van der Waals surface area (Å²) < 4.78 is 39.6. The van der Waals surface area contributed by atoms with E-state index >= 15 is 0 Å². The summed E-state index contributed by atoms with van der Waals surface area (Å²) in [7, 11) is -3.48. The van der Waals surface area contributed by atoms with Crippen LogP contribution in [-0.2, 0) is 27.1 Å². The third-order valence-corrected chi connectivity index (χ3v) is 7.04. The van der Waals surface area contributed by atoms with E-state index in [1.165, 1.54) is 28.6 Å². The van der Waals surface area contributed by atoms with Gasteiger partial charge >= 0.3 is 0 Å². The number of aryl methyl sites for hydroxylation is 1. The van der Waals surface area contributed by atoms with E-state index in [-0.39, 0.29) is 17.6 Å². The van der Waals surface area contributed by atoms with Crippen LogP contribution in [0, 0.1) is 18.7 Å². The highest BCUT2D eigenvalue weighted by Crippen LogP contribution is 2.22. The van der Waals surface area contributed by atoms with Gasteiger partial charge in [0.2, 0.25) is 15.9 Å². The predicted octanol–water partition coefficient (Wildman–Crippen LogP) is 2.99. The molecule has 1 aliphatic rings. The molecule has 0 saturated carbocycles. The fourth-order valence-electron chi connectivity index (χ4n) is 3.41. The Morgan fingerprint density at radius 3 is 2.39 bits per heavy atom. The largest absolute Gasteiger partial charge is 0.352 e. The fourth-order valence-corrected chi connectivity index (χ4v) is 4.98. The van der Waals surface area contributed by atoms with E-state index in [1.54, 1.807) is 0 Å². The Hall–Kier alpha value is -2.25. The molecule has 0 aliphatic carbocycles. The summed E-state index contributed by atoms with van der Waals surface area (Å²) in [5.74, 6) is -0.754. The number of rotatable bonds is 6. The van der Waals surface area contributed by atoms with E-state index < -0.39 is 15.8 Å². The molecular weight excluding hydrogens is 379 g/mol. The molecule has 0 radical (unpaired) electrons. The lowest BCUT2D eigenvalue weighted by molar-refractivity contribution is -0.126. The number of carbonyl (C=O) groups excluding carboxylic acids is 1. The Bertz CT molecular complexity index is 921. The minimum atomic E-state index is -3.48. The van der Waals surface area contributed by atoms with Crippen LogP contribution in [-0.4, -0.2) is 31.7 Å². The summed E-state index contributed by atoms with van der Waals surface area (Å²) in [4.78, 5) is 12.4. The van der Waals surface area contributed by atoms with Gasteiger partial charge in [0.05, 0.1) is 5.75 Å². The first-order valence-corrected chi connectivity index (χ1v) is 11.0. The van der Waals surface area contributed by atoms with Crippen LogP contribution in [0.5, 0.6) is 0 Å². The molecule has 1 N–H and O–H groups in total. The number of halogens is 1. The molecular formula is C21H25FN2O3S. The number of amides is 1. The molecule has 0 atom stereocenters. The summed E-state index contributed by atoms with van der Waals surface area (Å²) in [6, 6.07) is 13.4. The molecule has 3 rings (SSSR count). The monoisotopic (exact) mass is 404 g/mol. The molecule has 0 unspecified atom stereocenters. The number of sulfonamides is 1. The number of hydrogen-bond donors (Lipinski definition) is 1. The molecule has 7 heteroatoms. The van der Waals surface area contributed by atoms with Gasteiger partial charge in [-0.25, -0.2) is 17.1 Å². The summed E-state index contributed by atoms with van der Waals surface area (Å²) >= 11 is 0. The minimum Gasteiger partial charge on any atom is -0.352 e. The van der Waals surface area contributed by atoms with Crippen LogP contribution in [0.3, 0.4) is 0 Å². The molecule has 1 aliphatic heterocycles. The van der Waals surface area contributed by atoms with Crippen molar-refractivity contribution in [3.63, 3.8) is 0 Å². The van der Waals surface area contributed by atoms with Crippen molar-refractivity contribution in [1.82, 2.24) is 9.62 Å². The maximum atomic E-state index is 13.0. The Kier molecular flexibility index (Phi) is 6.46. The molecule has 2 aromatic carbocycles. The van der Waals surface area contributed by atoms with Crippen LogP contribution in [0.15, 0.2) is 48.5 Å². The smallest absolute Gasteiger partial charge is 0.223 e. The van der Waals surface area contributed by atoms with E-state index in [0.717, 1.165) is 11.1 Å². The van der Waals surface area contributed by atoms with Gasteiger partial charge in [-0.1, -0.05) is 36.4 Å². The highest BCUT2D eigenvalue weighted by Gasteiger charge is 2.31. The predicted molar refractivity (Wildman–Crippen MR) is 106 cm³/mol. The topological polar surface area (TPSA) is 66.5 Å². The lowest BCUT2D eigenvalue weighted by Gasteiger charge is -2.30. The molecule has 0 spiro atoms. The second-order valence-electron chi connectivity index (χ2n) is 7.20. The SMILES string of the molecule is Cc1ccccc1CNC(=O)C1CCN(S(=O)(=O)Cc2ccc(F)cc2)CC1. The third kappa shape index (κ3) is 5.17. The Morgan fingerprint density at radius 2 is 1.75 bits per heavy atom. The zero-order valence-electron chi connectivity index (χ0n) is 15.9. The van der Waals surface area contributed by atoms with Gasteiger partial charge in [-0.15, -0.1) is 0 Å². The van der Waals surface area contributed by atoms with Crippen molar-refractivity contribution in [3.8, 4) is 0 Å². The normalized spacial score (nSPS) is 16.1. The van der Waals surface area contributed by atoms with Gasteiger partial charge in [0.1, 0.15) is 5.82 Å². The van der Waals surface area contributed by atoms with E-state index in [9.17, 15) is 17.6 Å². The number of carbonyl (C=O) groups is 1. The lowest BCUT2D eigenvalue weighted by Crippen LogP contribution is -2.43. The molecule has 1 fully saturated rings. The van der Waals surface area contributed by atoms with Crippen LogP contribution in [0.25, 0.3) is 0 Å². The molecule has 1 saturated heterocycles. The summed E-state index contributed by atoms with van der Waals surface area (Å²) in [5, 5.41) is 2.97. The molecule has 1 amide bonds. The Labute approximate surface area is 165 Å². The summed E-state index contributed by atoms with van der Waals surface area (Å²) in [5.41, 5.74) is 2.76. The number of nitrogens with zero attached hydrogens (tertiary/aromatic N) is 1. The molecule has 0 bridgehead atoms. The van der Waals surface area contributed by atoms with E-state index in [2.05, 4.69) is 5.32 Å². The number of nitrogens with one attached hydrogen (secondary N) is 1. The first-order valence-electron chi connectivity index (χ1n) is 9.39. The van der Waals surface area contributed by atoms with Gasteiger partial charge in [-0.3, -0.25) is 4.79 Å². The van der Waals surface area contributed by atoms with Crippen molar-refractivity contribution < 1.29 is 17.6 Å². The molecule has 0 aromatic heterocycles. The van der Waals surface area contributed by atoms with Gasteiger partial charge in [0.15, 0.2) is 0 Å². The third-order valence-electron chi connectivity index (χ3n) is 5.19. The summed E-state index contributed by atoms with van der Waals surface area (Å²) in [6.07, 6.45) is 1.00. The van der Waals surface area contributed by atoms with Gasteiger partial charge in [-0.05, 0) is 48.6 Å². The summed E-state index contributed by atoms with van der Waals surface area (Å²) in [6.45, 7) is 3.14. The zero-order chi connectivity index (χ0) is 20.1. The maximum absolute atomic E-state index is 13.0. The highest BCUT2D eigenvalue weighted by molar-refractivity contribution is 7.88. The van der Waals surface area contributed by atoms with Crippen molar-refractivity contribution >= 4 is 15.9 Å². The van der Waals surface area contributed by atoms with Crippen molar-refractivity contribution in [2.45, 2.75) is 32.1 Å². The molecule has 2 aromatic rings. The van der Waals surface area contributed by atoms with Crippen molar-refractivity contribution in [2.24, 2.45) is 5.92 Å². The maximum Gasteiger partial charge on any atom is 0.223 e. The van der Waals surface area contributed by atoms with Crippen LogP contribution >= 0.6 is 0 Å². The number of benzene rings is 2. The van der Waals surface area contributed by atoms with Gasteiger partial charge in [-0.2, -0.15) is 0 Å². The zero-order valence-corrected chi connectivity index (χ0v) is 16.7. The Morgan fingerprint density at radius 1 is 1.11 bits per heavy atom. The molecule has 1 heterocycles. The quantitative estimate of drug-likeness (QED) is 0.805. The van der Waals surface area contributed by atoms with Gasteiger partial charge in [0, 0.05) is 25.6 Å². The van der Waals surface area contributed by atoms with Gasteiger partial charge in [0.25, 0.3) is 0 Å². The second kappa shape index (κ2) is 8.84. The minimum absolute atomic E-state index is 0.0289. The fraction of sp³-hybridized carbons (Fsp3) is 0.381. The van der Waals surface area contributed by atoms with Gasteiger partial charge < -0.3 is 5.32 Å². The average Bonchev–Trinajstić information content (AvgIpc) is 2.69. The first kappa shape index (κ1) is 20.5. The van der Waals surface area contributed by atoms with E-state index in [0.29, 0.717) is 38.0 Å². The van der Waals surface area contributed by atoms with Crippen LogP contribution < -0.4 is 5.32 Å². The van der Waals surface area contributed by atoms with Crippen LogP contribution in [0.2, 0.25) is 0 Å². The van der Waals surface area contributed by atoms with Crippen molar-refractivity contribution in [2.75, 3.05) is 13.1 Å². The first-order chi connectivity index (χ1) is 13.3. The Balaban J connectivity index is 1.51. The second-order valence-corrected chi connectivity index (χ2v) is 9.17. The molecule has 150 valence electrons. The van der Waals surface area contributed by atoms with Crippen molar-refractivity contribution in [1.29, 1.82) is 0 Å². The number of piperidine rings is 1. The highest BCUT2D eigenvalue weighted by atomic mass is 32.2. The van der Waals surface area contributed by atoms with E-state index in [1.807, 2.05) is 31.2 Å². The van der Waals surface area contributed by atoms with Crippen LogP contribution in [0.4, 0.5) is 4.39 Å². The lowest BCUT2D eigenvalue weighted by atomic mass is 9.97. The molecule has 28 heavy (non-hydrogen) atoms. The average molecular weight is 405 g/mol.